The predicted molar refractivity (Wildman–Crippen MR) is 131 cm³/mol. The Morgan fingerprint density at radius 1 is 0.971 bits per heavy atom. The first-order valence-electron chi connectivity index (χ1n) is 11.7. The second-order valence-corrected chi connectivity index (χ2v) is 8.09. The fourth-order valence-electron chi connectivity index (χ4n) is 3.71. The number of esters is 1. The molecule has 2 aromatic carbocycles. The third-order valence-electron chi connectivity index (χ3n) is 5.57. The van der Waals surface area contributed by atoms with Gasteiger partial charge in [0, 0.05) is 25.2 Å². The molecule has 8 heteroatoms. The number of anilines is 2. The molecule has 0 bridgehead atoms. The molecule has 1 amide bonds. The maximum atomic E-state index is 12.6. The van der Waals surface area contributed by atoms with Crippen molar-refractivity contribution in [3.63, 3.8) is 0 Å². The Kier molecular flexibility index (Phi) is 9.16. The Hall–Kier alpha value is -3.26. The van der Waals surface area contributed by atoms with Gasteiger partial charge in [-0.15, -0.1) is 0 Å². The molecule has 0 aliphatic carbocycles. The molecule has 1 aliphatic heterocycles. The third-order valence-corrected chi connectivity index (χ3v) is 5.57. The largest absolute Gasteiger partial charge is 0.492 e. The highest BCUT2D eigenvalue weighted by Gasteiger charge is 2.21. The van der Waals surface area contributed by atoms with Crippen molar-refractivity contribution in [1.29, 1.82) is 0 Å². The fourth-order valence-corrected chi connectivity index (χ4v) is 3.71. The smallest absolute Gasteiger partial charge is 0.310 e. The van der Waals surface area contributed by atoms with Gasteiger partial charge in [0.2, 0.25) is 0 Å². The number of aryl methyl sites for hydroxylation is 2. The van der Waals surface area contributed by atoms with Crippen LogP contribution in [-0.2, 0) is 25.5 Å². The maximum absolute atomic E-state index is 12.6. The lowest BCUT2D eigenvalue weighted by molar-refractivity contribution is -0.146. The first-order valence-corrected chi connectivity index (χ1v) is 11.7. The minimum absolute atomic E-state index is 0.112. The summed E-state index contributed by atoms with van der Waals surface area (Å²) in [7, 11) is 0. The number of benzene rings is 2. The molecule has 0 saturated carbocycles. The summed E-state index contributed by atoms with van der Waals surface area (Å²) in [6.45, 7) is 11.1. The topological polar surface area (TPSA) is 86.3 Å². The fraction of sp³-hybridized carbons (Fsp3) is 0.462. The van der Waals surface area contributed by atoms with Crippen molar-refractivity contribution in [3.8, 4) is 11.5 Å². The summed E-state index contributed by atoms with van der Waals surface area (Å²) in [4.78, 5) is 27.0. The van der Waals surface area contributed by atoms with E-state index in [1.54, 1.807) is 6.07 Å². The van der Waals surface area contributed by atoms with Crippen LogP contribution in [0.2, 0.25) is 0 Å². The number of rotatable bonds is 10. The number of hydrogen-bond acceptors (Lipinski definition) is 7. The lowest BCUT2D eigenvalue weighted by Gasteiger charge is -2.31. The van der Waals surface area contributed by atoms with Crippen LogP contribution in [0.15, 0.2) is 30.3 Å². The minimum atomic E-state index is -0.457. The molecule has 0 aromatic heterocycles. The number of hydrogen-bond donors (Lipinski definition) is 1. The van der Waals surface area contributed by atoms with Crippen molar-refractivity contribution >= 4 is 23.3 Å². The zero-order valence-corrected chi connectivity index (χ0v) is 20.4. The molecular weight excluding hydrogens is 436 g/mol. The van der Waals surface area contributed by atoms with Crippen LogP contribution < -0.4 is 19.7 Å². The van der Waals surface area contributed by atoms with Crippen LogP contribution >= 0.6 is 0 Å². The highest BCUT2D eigenvalue weighted by molar-refractivity contribution is 5.95. The predicted octanol–water partition coefficient (Wildman–Crippen LogP) is 3.66. The van der Waals surface area contributed by atoms with Crippen LogP contribution in [0.4, 0.5) is 11.4 Å². The zero-order valence-electron chi connectivity index (χ0n) is 20.4. The van der Waals surface area contributed by atoms with Gasteiger partial charge in [0.25, 0.3) is 5.91 Å². The van der Waals surface area contributed by atoms with Crippen LogP contribution in [0, 0.1) is 13.8 Å². The van der Waals surface area contributed by atoms with Gasteiger partial charge in [0.05, 0.1) is 44.2 Å². The Morgan fingerprint density at radius 2 is 1.68 bits per heavy atom. The van der Waals surface area contributed by atoms with Gasteiger partial charge in [-0.1, -0.05) is 18.2 Å². The summed E-state index contributed by atoms with van der Waals surface area (Å²) < 4.78 is 22.3. The number of carbonyl (C=O) groups excluding carboxylic acids is 2. The van der Waals surface area contributed by atoms with Gasteiger partial charge in [-0.2, -0.15) is 0 Å². The van der Waals surface area contributed by atoms with Gasteiger partial charge in [0.1, 0.15) is 11.5 Å². The number of nitrogens with zero attached hydrogens (tertiary/aromatic N) is 1. The summed E-state index contributed by atoms with van der Waals surface area (Å²) in [5, 5.41) is 2.80. The standard InChI is InChI=1S/C26H34N2O6/c1-5-32-23-16-22(28-9-11-31-12-10-28)24(33-6-2)15-21(23)27-25(29)17-34-26(30)14-20-8-7-18(3)19(4)13-20/h7-8,13,15-16H,5-6,9-12,14,17H2,1-4H3,(H,27,29). The number of ether oxygens (including phenoxy) is 4. The molecular formula is C26H34N2O6. The summed E-state index contributed by atoms with van der Waals surface area (Å²) >= 11 is 0. The van der Waals surface area contributed by atoms with Crippen LogP contribution in [0.25, 0.3) is 0 Å². The van der Waals surface area contributed by atoms with E-state index in [1.807, 2.05) is 52.0 Å². The molecule has 1 saturated heterocycles. The number of amides is 1. The van der Waals surface area contributed by atoms with Crippen molar-refractivity contribution < 1.29 is 28.5 Å². The van der Waals surface area contributed by atoms with Crippen molar-refractivity contribution in [2.75, 3.05) is 56.3 Å². The first-order chi connectivity index (χ1) is 16.4. The molecule has 0 spiro atoms. The molecule has 1 fully saturated rings. The highest BCUT2D eigenvalue weighted by Crippen LogP contribution is 2.39. The average Bonchev–Trinajstić information content (AvgIpc) is 2.82. The Labute approximate surface area is 201 Å². The van der Waals surface area contributed by atoms with Crippen LogP contribution in [-0.4, -0.2) is 58.0 Å². The van der Waals surface area contributed by atoms with Crippen LogP contribution in [0.5, 0.6) is 11.5 Å². The average molecular weight is 471 g/mol. The van der Waals surface area contributed by atoms with Gasteiger partial charge in [-0.3, -0.25) is 9.59 Å². The number of morpholine rings is 1. The van der Waals surface area contributed by atoms with Gasteiger partial charge < -0.3 is 29.2 Å². The Morgan fingerprint density at radius 3 is 2.35 bits per heavy atom. The van der Waals surface area contributed by atoms with Crippen molar-refractivity contribution in [1.82, 2.24) is 0 Å². The quantitative estimate of drug-likeness (QED) is 0.530. The molecule has 2 aromatic rings. The van der Waals surface area contributed by atoms with E-state index >= 15 is 0 Å². The molecule has 0 atom stereocenters. The van der Waals surface area contributed by atoms with E-state index in [4.69, 9.17) is 18.9 Å². The van der Waals surface area contributed by atoms with Gasteiger partial charge in [-0.05, 0) is 44.4 Å². The number of carbonyl (C=O) groups is 2. The SMILES string of the molecule is CCOc1cc(N2CCOCC2)c(OCC)cc1NC(=O)COC(=O)Cc1ccc(C)c(C)c1. The first kappa shape index (κ1) is 25.4. The highest BCUT2D eigenvalue weighted by atomic mass is 16.5. The summed E-state index contributed by atoms with van der Waals surface area (Å²) in [6, 6.07) is 9.45. The number of nitrogens with one attached hydrogen (secondary N) is 1. The molecule has 1 heterocycles. The van der Waals surface area contributed by atoms with E-state index in [0.717, 1.165) is 35.5 Å². The normalized spacial score (nSPS) is 13.4. The lowest BCUT2D eigenvalue weighted by Crippen LogP contribution is -2.36. The van der Waals surface area contributed by atoms with Crippen molar-refractivity contribution in [3.05, 3.63) is 47.0 Å². The summed E-state index contributed by atoms with van der Waals surface area (Å²) in [5.41, 5.74) is 4.49. The van der Waals surface area contributed by atoms with E-state index in [0.29, 0.717) is 43.6 Å². The van der Waals surface area contributed by atoms with Gasteiger partial charge in [-0.25, -0.2) is 0 Å². The molecule has 8 nitrogen and oxygen atoms in total. The van der Waals surface area contributed by atoms with E-state index in [-0.39, 0.29) is 13.0 Å². The Bertz CT molecular complexity index is 1000. The van der Waals surface area contributed by atoms with E-state index in [2.05, 4.69) is 10.2 Å². The second kappa shape index (κ2) is 12.3. The molecule has 1 N–H and O–H groups in total. The van der Waals surface area contributed by atoms with E-state index in [9.17, 15) is 9.59 Å². The van der Waals surface area contributed by atoms with Crippen molar-refractivity contribution in [2.24, 2.45) is 0 Å². The molecule has 1 aliphatic rings. The molecule has 0 unspecified atom stereocenters. The summed E-state index contributed by atoms with van der Waals surface area (Å²) in [5.74, 6) is 0.272. The maximum Gasteiger partial charge on any atom is 0.310 e. The van der Waals surface area contributed by atoms with E-state index in [1.165, 1.54) is 0 Å². The third kappa shape index (κ3) is 6.87. The van der Waals surface area contributed by atoms with Crippen LogP contribution in [0.1, 0.15) is 30.5 Å². The van der Waals surface area contributed by atoms with Crippen molar-refractivity contribution in [2.45, 2.75) is 34.1 Å². The van der Waals surface area contributed by atoms with Gasteiger partial charge in [0.15, 0.2) is 6.61 Å². The minimum Gasteiger partial charge on any atom is -0.492 e. The molecule has 3 rings (SSSR count). The zero-order chi connectivity index (χ0) is 24.5. The van der Waals surface area contributed by atoms with Gasteiger partial charge >= 0.3 is 5.97 Å². The monoisotopic (exact) mass is 470 g/mol. The molecule has 0 radical (unpaired) electrons. The second-order valence-electron chi connectivity index (χ2n) is 8.09. The lowest BCUT2D eigenvalue weighted by atomic mass is 10.0. The van der Waals surface area contributed by atoms with E-state index < -0.39 is 11.9 Å². The Balaban J connectivity index is 1.67. The summed E-state index contributed by atoms with van der Waals surface area (Å²) in [6.07, 6.45) is 0.112. The molecule has 184 valence electrons. The molecule has 34 heavy (non-hydrogen) atoms. The van der Waals surface area contributed by atoms with Crippen LogP contribution in [0.3, 0.4) is 0 Å².